The lowest BCUT2D eigenvalue weighted by atomic mass is 10.1. The van der Waals surface area contributed by atoms with Crippen LogP contribution < -0.4 is 5.32 Å². The molecule has 0 spiro atoms. The van der Waals surface area contributed by atoms with Crippen molar-refractivity contribution in [3.63, 3.8) is 0 Å². The normalized spacial score (nSPS) is 18.5. The maximum Gasteiger partial charge on any atom is 0.190 e. The van der Waals surface area contributed by atoms with Gasteiger partial charge in [-0.25, -0.2) is 5.01 Å². The molecule has 1 unspecified atom stereocenters. The van der Waals surface area contributed by atoms with Gasteiger partial charge in [-0.05, 0) is 35.1 Å². The van der Waals surface area contributed by atoms with Gasteiger partial charge in [-0.1, -0.05) is 12.1 Å². The van der Waals surface area contributed by atoms with Crippen molar-refractivity contribution >= 4 is 45.7 Å². The van der Waals surface area contributed by atoms with E-state index < -0.39 is 0 Å². The number of nitrogens with zero attached hydrogens (tertiary/aromatic N) is 2. The van der Waals surface area contributed by atoms with Gasteiger partial charge in [0.25, 0.3) is 0 Å². The van der Waals surface area contributed by atoms with Crippen LogP contribution >= 0.6 is 34.9 Å². The van der Waals surface area contributed by atoms with Crippen LogP contribution in [0.25, 0.3) is 0 Å². The topological polar surface area (TPSA) is 27.6 Å². The first kappa shape index (κ1) is 12.8. The Kier molecular flexibility index (Phi) is 3.63. The zero-order valence-electron chi connectivity index (χ0n) is 10.4. The maximum absolute atomic E-state index is 5.36. The van der Waals surface area contributed by atoms with Gasteiger partial charge in [0, 0.05) is 18.3 Å². The van der Waals surface area contributed by atoms with E-state index in [1.807, 2.05) is 12.1 Å². The third kappa shape index (κ3) is 2.43. The Morgan fingerprint density at radius 1 is 1.37 bits per heavy atom. The molecule has 0 fully saturated rings. The fourth-order valence-electron chi connectivity index (χ4n) is 2.11. The molecule has 3 nitrogen and oxygen atoms in total. The fourth-order valence-corrected chi connectivity index (χ4v) is 3.81. The third-order valence-corrected chi connectivity index (χ3v) is 5.29. The summed E-state index contributed by atoms with van der Waals surface area (Å²) in [5.74, 6) is 0. The highest BCUT2D eigenvalue weighted by Crippen LogP contribution is 2.35. The van der Waals surface area contributed by atoms with Crippen LogP contribution in [0.1, 0.15) is 22.2 Å². The summed E-state index contributed by atoms with van der Waals surface area (Å²) in [6, 6.07) is 8.61. The van der Waals surface area contributed by atoms with Crippen LogP contribution in [0.5, 0.6) is 0 Å². The molecule has 0 radical (unpaired) electrons. The van der Waals surface area contributed by atoms with Crippen molar-refractivity contribution in [1.82, 2.24) is 10.3 Å². The summed E-state index contributed by atoms with van der Waals surface area (Å²) < 4.78 is 0. The number of hydrazone groups is 1. The van der Waals surface area contributed by atoms with E-state index in [2.05, 4.69) is 40.3 Å². The SMILES string of the molecule is CNC(=S)N1N=C(c2cccs2)CC1c1cccs1. The van der Waals surface area contributed by atoms with Gasteiger partial charge in [-0.3, -0.25) is 0 Å². The first-order valence-corrected chi connectivity index (χ1v) is 8.12. The minimum atomic E-state index is 0.219. The van der Waals surface area contributed by atoms with Gasteiger partial charge in [0.15, 0.2) is 5.11 Å². The molecule has 1 atom stereocenters. The predicted octanol–water partition coefficient (Wildman–Crippen LogP) is 3.47. The van der Waals surface area contributed by atoms with Crippen molar-refractivity contribution in [3.8, 4) is 0 Å². The lowest BCUT2D eigenvalue weighted by Gasteiger charge is -2.22. The molecule has 1 aliphatic rings. The van der Waals surface area contributed by atoms with Crippen molar-refractivity contribution in [3.05, 3.63) is 44.8 Å². The van der Waals surface area contributed by atoms with E-state index in [1.165, 1.54) is 9.75 Å². The number of thiophene rings is 2. The molecule has 3 heterocycles. The first-order chi connectivity index (χ1) is 9.29. The lowest BCUT2D eigenvalue weighted by Crippen LogP contribution is -2.34. The fraction of sp³-hybridized carbons (Fsp3) is 0.231. The zero-order valence-corrected chi connectivity index (χ0v) is 12.8. The van der Waals surface area contributed by atoms with Gasteiger partial charge in [-0.15, -0.1) is 22.7 Å². The number of nitrogens with one attached hydrogen (secondary N) is 1. The molecule has 6 heteroatoms. The van der Waals surface area contributed by atoms with Gasteiger partial charge in [0.1, 0.15) is 0 Å². The molecule has 0 aliphatic carbocycles. The molecule has 1 aliphatic heterocycles. The predicted molar refractivity (Wildman–Crippen MR) is 86.0 cm³/mol. The number of thiocarbonyl (C=S) groups is 1. The van der Waals surface area contributed by atoms with Gasteiger partial charge in [0.2, 0.25) is 0 Å². The molecule has 0 aromatic carbocycles. The molecule has 1 N–H and O–H groups in total. The van der Waals surface area contributed by atoms with E-state index in [4.69, 9.17) is 17.3 Å². The van der Waals surface area contributed by atoms with E-state index in [0.29, 0.717) is 5.11 Å². The quantitative estimate of drug-likeness (QED) is 0.861. The van der Waals surface area contributed by atoms with Crippen molar-refractivity contribution in [1.29, 1.82) is 0 Å². The minimum absolute atomic E-state index is 0.219. The minimum Gasteiger partial charge on any atom is -0.364 e. The Labute approximate surface area is 125 Å². The standard InChI is InChI=1S/C13H13N3S3/c1-14-13(17)16-10(12-5-3-7-19-12)8-9(15-16)11-4-2-6-18-11/h2-7,10H,8H2,1H3,(H,14,17). The smallest absolute Gasteiger partial charge is 0.190 e. The second-order valence-corrected chi connectivity index (χ2v) is 6.47. The van der Waals surface area contributed by atoms with Crippen LogP contribution in [0.3, 0.4) is 0 Å². The van der Waals surface area contributed by atoms with Gasteiger partial charge in [-0.2, -0.15) is 5.10 Å². The largest absolute Gasteiger partial charge is 0.364 e. The maximum atomic E-state index is 5.36. The van der Waals surface area contributed by atoms with Crippen LogP contribution in [0.4, 0.5) is 0 Å². The van der Waals surface area contributed by atoms with Gasteiger partial charge < -0.3 is 5.32 Å². The summed E-state index contributed by atoms with van der Waals surface area (Å²) in [5, 5.41) is 14.5. The summed E-state index contributed by atoms with van der Waals surface area (Å²) in [6.07, 6.45) is 0.906. The molecule has 3 rings (SSSR count). The Balaban J connectivity index is 1.93. The van der Waals surface area contributed by atoms with Gasteiger partial charge in [0.05, 0.1) is 16.6 Å². The third-order valence-electron chi connectivity index (χ3n) is 3.01. The Morgan fingerprint density at radius 2 is 2.16 bits per heavy atom. The number of hydrogen-bond acceptors (Lipinski definition) is 4. The Morgan fingerprint density at radius 3 is 2.79 bits per heavy atom. The van der Waals surface area contributed by atoms with Crippen LogP contribution in [0.15, 0.2) is 40.1 Å². The van der Waals surface area contributed by atoms with E-state index in [-0.39, 0.29) is 6.04 Å². The summed E-state index contributed by atoms with van der Waals surface area (Å²) in [4.78, 5) is 2.52. The Bertz CT molecular complexity index is 587. The molecule has 2 aromatic heterocycles. The first-order valence-electron chi connectivity index (χ1n) is 5.95. The number of hydrogen-bond donors (Lipinski definition) is 1. The summed E-state index contributed by atoms with van der Waals surface area (Å²) in [6.45, 7) is 0. The van der Waals surface area contributed by atoms with Crippen molar-refractivity contribution in [2.45, 2.75) is 12.5 Å². The van der Waals surface area contributed by atoms with E-state index >= 15 is 0 Å². The molecule has 0 bridgehead atoms. The highest BCUT2D eigenvalue weighted by atomic mass is 32.1. The van der Waals surface area contributed by atoms with Crippen molar-refractivity contribution in [2.24, 2.45) is 5.10 Å². The van der Waals surface area contributed by atoms with Crippen LogP contribution in [-0.2, 0) is 0 Å². The highest BCUT2D eigenvalue weighted by molar-refractivity contribution is 7.80. The number of rotatable bonds is 2. The molecule has 0 saturated heterocycles. The summed E-state index contributed by atoms with van der Waals surface area (Å²) in [7, 11) is 1.84. The molecule has 98 valence electrons. The van der Waals surface area contributed by atoms with Crippen LogP contribution in [-0.4, -0.2) is 22.9 Å². The molecule has 0 saturated carbocycles. The van der Waals surface area contributed by atoms with E-state index in [1.54, 1.807) is 22.7 Å². The second-order valence-electron chi connectivity index (χ2n) is 4.16. The highest BCUT2D eigenvalue weighted by Gasteiger charge is 2.31. The van der Waals surface area contributed by atoms with Crippen molar-refractivity contribution < 1.29 is 0 Å². The summed E-state index contributed by atoms with van der Waals surface area (Å²) >= 11 is 8.84. The Hall–Kier alpha value is -1.24. The average molecular weight is 307 g/mol. The van der Waals surface area contributed by atoms with Crippen molar-refractivity contribution in [2.75, 3.05) is 7.05 Å². The second kappa shape index (κ2) is 5.40. The van der Waals surface area contributed by atoms with E-state index in [0.717, 1.165) is 12.1 Å². The average Bonchev–Trinajstić information content (AvgIpc) is 3.14. The molecule has 19 heavy (non-hydrogen) atoms. The lowest BCUT2D eigenvalue weighted by molar-refractivity contribution is 0.371. The van der Waals surface area contributed by atoms with Crippen LogP contribution in [0, 0.1) is 0 Å². The molecule has 0 amide bonds. The van der Waals surface area contributed by atoms with Crippen LogP contribution in [0.2, 0.25) is 0 Å². The molecular formula is C13H13N3S3. The molecule has 2 aromatic rings. The summed E-state index contributed by atoms with van der Waals surface area (Å²) in [5.41, 5.74) is 1.12. The van der Waals surface area contributed by atoms with Gasteiger partial charge >= 0.3 is 0 Å². The zero-order chi connectivity index (χ0) is 13.2. The van der Waals surface area contributed by atoms with E-state index in [9.17, 15) is 0 Å². The molecular weight excluding hydrogens is 294 g/mol. The monoisotopic (exact) mass is 307 g/mol.